The van der Waals surface area contributed by atoms with Crippen LogP contribution in [-0.4, -0.2) is 39.8 Å². The van der Waals surface area contributed by atoms with Crippen molar-refractivity contribution >= 4 is 16.9 Å². The highest BCUT2D eigenvalue weighted by atomic mass is 16.6. The van der Waals surface area contributed by atoms with Crippen LogP contribution >= 0.6 is 0 Å². The summed E-state index contributed by atoms with van der Waals surface area (Å²) in [4.78, 5) is 24.6. The maximum Gasteiger partial charge on any atom is 0.307 e. The van der Waals surface area contributed by atoms with Gasteiger partial charge in [0.25, 0.3) is 5.56 Å². The monoisotopic (exact) mass is 343 g/mol. The van der Waals surface area contributed by atoms with Crippen molar-refractivity contribution in [2.45, 2.75) is 45.4 Å². The third kappa shape index (κ3) is 2.63. The highest BCUT2D eigenvalue weighted by molar-refractivity contribution is 5.76. The van der Waals surface area contributed by atoms with Gasteiger partial charge in [0.15, 0.2) is 0 Å². The average Bonchev–Trinajstić information content (AvgIpc) is 3.06. The summed E-state index contributed by atoms with van der Waals surface area (Å²) >= 11 is 0. The van der Waals surface area contributed by atoms with E-state index in [1.54, 1.807) is 24.3 Å². The molecular formula is C18H21N3O4. The molecule has 2 fully saturated rings. The fraction of sp³-hybridized carbons (Fsp3) is 0.556. The van der Waals surface area contributed by atoms with Gasteiger partial charge in [0.05, 0.1) is 24.5 Å². The van der Waals surface area contributed by atoms with Gasteiger partial charge in [0.1, 0.15) is 11.6 Å². The number of fused-ring (bicyclic) bond motifs is 2. The summed E-state index contributed by atoms with van der Waals surface area (Å²) in [6.45, 7) is 5.02. The van der Waals surface area contributed by atoms with Gasteiger partial charge in [-0.05, 0) is 18.6 Å². The summed E-state index contributed by atoms with van der Waals surface area (Å²) in [7, 11) is 0. The van der Waals surface area contributed by atoms with Crippen LogP contribution in [0.4, 0.5) is 0 Å². The summed E-state index contributed by atoms with van der Waals surface area (Å²) in [6, 6.07) is 7.03. The second-order valence-corrected chi connectivity index (χ2v) is 7.36. The molecule has 0 amide bonds. The lowest BCUT2D eigenvalue weighted by atomic mass is 9.59. The van der Waals surface area contributed by atoms with Gasteiger partial charge in [0, 0.05) is 17.9 Å². The summed E-state index contributed by atoms with van der Waals surface area (Å²) in [6.07, 6.45) is 1.09. The van der Waals surface area contributed by atoms with Gasteiger partial charge in [-0.1, -0.05) is 31.2 Å². The molecule has 1 saturated heterocycles. The fourth-order valence-corrected chi connectivity index (χ4v) is 4.08. The van der Waals surface area contributed by atoms with Crippen molar-refractivity contribution in [1.82, 2.24) is 15.0 Å². The highest BCUT2D eigenvalue weighted by Gasteiger charge is 2.61. The van der Waals surface area contributed by atoms with Crippen LogP contribution in [-0.2, 0) is 20.8 Å². The molecule has 0 radical (unpaired) electrons. The molecule has 0 unspecified atom stereocenters. The van der Waals surface area contributed by atoms with E-state index < -0.39 is 0 Å². The Hall–Kier alpha value is -2.28. The largest absolute Gasteiger partial charge is 0.461 e. The van der Waals surface area contributed by atoms with E-state index in [2.05, 4.69) is 24.2 Å². The number of ether oxygens (including phenoxy) is 2. The third-order valence-electron chi connectivity index (χ3n) is 5.41. The van der Waals surface area contributed by atoms with Gasteiger partial charge in [-0.25, -0.2) is 4.68 Å². The molecule has 1 aliphatic carbocycles. The molecular weight excluding hydrogens is 322 g/mol. The Morgan fingerprint density at radius 1 is 1.40 bits per heavy atom. The third-order valence-corrected chi connectivity index (χ3v) is 5.41. The quantitative estimate of drug-likeness (QED) is 0.783. The Morgan fingerprint density at radius 2 is 2.20 bits per heavy atom. The van der Waals surface area contributed by atoms with Gasteiger partial charge in [-0.15, -0.1) is 5.10 Å². The van der Waals surface area contributed by atoms with E-state index in [0.29, 0.717) is 16.8 Å². The SMILES string of the molecule is CC1(C)[C@@H]2OCC[C@@H]2[C@@H]1OC(=O)CCn1nnc2ccccc2c1=O. The van der Waals surface area contributed by atoms with Gasteiger partial charge in [-0.3, -0.25) is 9.59 Å². The van der Waals surface area contributed by atoms with E-state index in [1.807, 2.05) is 0 Å². The minimum Gasteiger partial charge on any atom is -0.461 e. The Bertz CT molecular complexity index is 876. The molecule has 1 aromatic heterocycles. The number of rotatable bonds is 4. The molecule has 7 heteroatoms. The summed E-state index contributed by atoms with van der Waals surface area (Å²) in [5.74, 6) is -0.0209. The minimum atomic E-state index is -0.315. The van der Waals surface area contributed by atoms with Gasteiger partial charge in [0.2, 0.25) is 0 Å². The van der Waals surface area contributed by atoms with Crippen molar-refractivity contribution in [3.05, 3.63) is 34.6 Å². The van der Waals surface area contributed by atoms with E-state index >= 15 is 0 Å². The first-order valence-electron chi connectivity index (χ1n) is 8.62. The number of benzene rings is 1. The van der Waals surface area contributed by atoms with Crippen molar-refractivity contribution < 1.29 is 14.3 Å². The fourth-order valence-electron chi connectivity index (χ4n) is 4.08. The zero-order valence-electron chi connectivity index (χ0n) is 14.3. The number of carbonyl (C=O) groups is 1. The van der Waals surface area contributed by atoms with Crippen molar-refractivity contribution in [2.24, 2.45) is 11.3 Å². The maximum atomic E-state index is 12.4. The molecule has 2 aromatic rings. The van der Waals surface area contributed by atoms with E-state index in [4.69, 9.17) is 9.47 Å². The van der Waals surface area contributed by atoms with Crippen molar-refractivity contribution in [3.8, 4) is 0 Å². The smallest absolute Gasteiger partial charge is 0.307 e. The molecule has 2 aliphatic rings. The molecule has 1 aliphatic heterocycles. The molecule has 0 N–H and O–H groups in total. The number of hydrogen-bond donors (Lipinski definition) is 0. The zero-order chi connectivity index (χ0) is 17.6. The molecule has 25 heavy (non-hydrogen) atoms. The number of aryl methyl sites for hydroxylation is 1. The molecule has 1 saturated carbocycles. The predicted molar refractivity (Wildman–Crippen MR) is 89.9 cm³/mol. The Morgan fingerprint density at radius 3 is 3.04 bits per heavy atom. The Balaban J connectivity index is 1.41. The Kier molecular flexibility index (Phi) is 3.83. The molecule has 3 atom stereocenters. The molecule has 0 bridgehead atoms. The summed E-state index contributed by atoms with van der Waals surface area (Å²) in [5.41, 5.74) is 0.151. The van der Waals surface area contributed by atoms with Crippen LogP contribution in [0.2, 0.25) is 0 Å². The predicted octanol–water partition coefficient (Wildman–Crippen LogP) is 1.54. The van der Waals surface area contributed by atoms with Crippen LogP contribution in [0.25, 0.3) is 10.9 Å². The lowest BCUT2D eigenvalue weighted by Crippen LogP contribution is -2.61. The van der Waals surface area contributed by atoms with Crippen molar-refractivity contribution in [3.63, 3.8) is 0 Å². The van der Waals surface area contributed by atoms with Crippen LogP contribution < -0.4 is 5.56 Å². The Labute approximate surface area is 144 Å². The van der Waals surface area contributed by atoms with Crippen LogP contribution in [0, 0.1) is 11.3 Å². The molecule has 4 rings (SSSR count). The van der Waals surface area contributed by atoms with Crippen molar-refractivity contribution in [2.75, 3.05) is 6.61 Å². The van der Waals surface area contributed by atoms with Gasteiger partial charge in [-0.2, -0.15) is 0 Å². The van der Waals surface area contributed by atoms with Crippen LogP contribution in [0.15, 0.2) is 29.1 Å². The number of aromatic nitrogens is 3. The van der Waals surface area contributed by atoms with E-state index in [1.165, 1.54) is 4.68 Å². The second kappa shape index (κ2) is 5.91. The molecule has 1 aromatic carbocycles. The minimum absolute atomic E-state index is 0.0950. The molecule has 132 valence electrons. The first kappa shape index (κ1) is 16.2. The zero-order valence-corrected chi connectivity index (χ0v) is 14.3. The highest BCUT2D eigenvalue weighted by Crippen LogP contribution is 2.53. The number of hydrogen-bond acceptors (Lipinski definition) is 6. The van der Waals surface area contributed by atoms with E-state index in [-0.39, 0.29) is 42.1 Å². The van der Waals surface area contributed by atoms with Crippen molar-refractivity contribution in [1.29, 1.82) is 0 Å². The van der Waals surface area contributed by atoms with Crippen LogP contribution in [0.5, 0.6) is 0 Å². The van der Waals surface area contributed by atoms with E-state index in [9.17, 15) is 9.59 Å². The second-order valence-electron chi connectivity index (χ2n) is 7.36. The summed E-state index contributed by atoms with van der Waals surface area (Å²) in [5, 5.41) is 8.42. The normalized spacial score (nSPS) is 26.9. The number of nitrogens with zero attached hydrogens (tertiary/aromatic N) is 3. The first-order valence-corrected chi connectivity index (χ1v) is 8.62. The van der Waals surface area contributed by atoms with Crippen LogP contribution in [0.1, 0.15) is 26.7 Å². The number of carbonyl (C=O) groups excluding carboxylic acids is 1. The van der Waals surface area contributed by atoms with Gasteiger partial charge >= 0.3 is 5.97 Å². The van der Waals surface area contributed by atoms with Gasteiger partial charge < -0.3 is 9.47 Å². The topological polar surface area (TPSA) is 83.3 Å². The van der Waals surface area contributed by atoms with Crippen LogP contribution in [0.3, 0.4) is 0 Å². The maximum absolute atomic E-state index is 12.4. The standard InChI is InChI=1S/C18H21N3O4/c1-18(2)15-12(8-10-24-15)16(18)25-14(22)7-9-21-17(23)11-5-3-4-6-13(11)19-20-21/h3-6,12,15-16H,7-10H2,1-2H3/t12-,15+,16-/m0/s1. The first-order chi connectivity index (χ1) is 12.0. The molecule has 0 spiro atoms. The lowest BCUT2D eigenvalue weighted by molar-refractivity contribution is -0.210. The average molecular weight is 343 g/mol. The molecule has 7 nitrogen and oxygen atoms in total. The number of esters is 1. The summed E-state index contributed by atoms with van der Waals surface area (Å²) < 4.78 is 12.6. The molecule has 2 heterocycles. The lowest BCUT2D eigenvalue weighted by Gasteiger charge is -2.53. The van der Waals surface area contributed by atoms with E-state index in [0.717, 1.165) is 13.0 Å².